The standard InChI is InChI=1S/C18H15N9O2S/c1-2-26-17(13-5-7-19-8-6-13)23-24-18(26)30-16-4-3-15(27(28)29)9-14(16)10-22-25-11-20-21-12-25/h3-12H,2H2,1H3/b22-10+. The van der Waals surface area contributed by atoms with Crippen molar-refractivity contribution in [1.29, 1.82) is 0 Å². The summed E-state index contributed by atoms with van der Waals surface area (Å²) in [5, 5.41) is 32.1. The third-order valence-corrected chi connectivity index (χ3v) is 5.19. The van der Waals surface area contributed by atoms with Gasteiger partial charge < -0.3 is 4.57 Å². The predicted molar refractivity (Wildman–Crippen MR) is 109 cm³/mol. The Labute approximate surface area is 174 Å². The van der Waals surface area contributed by atoms with Gasteiger partial charge in [-0.25, -0.2) is 4.68 Å². The number of hydrogen-bond acceptors (Lipinski definition) is 9. The molecule has 12 heteroatoms. The zero-order valence-corrected chi connectivity index (χ0v) is 16.5. The van der Waals surface area contributed by atoms with Gasteiger partial charge in [0.1, 0.15) is 12.7 Å². The first kappa shape index (κ1) is 19.4. The lowest BCUT2D eigenvalue weighted by Gasteiger charge is -2.08. The van der Waals surface area contributed by atoms with Gasteiger partial charge in [0.2, 0.25) is 0 Å². The Morgan fingerprint density at radius 2 is 1.93 bits per heavy atom. The Kier molecular flexibility index (Phi) is 5.57. The average Bonchev–Trinajstić information content (AvgIpc) is 3.43. The largest absolute Gasteiger partial charge is 0.302 e. The van der Waals surface area contributed by atoms with Crippen molar-refractivity contribution in [2.45, 2.75) is 23.5 Å². The van der Waals surface area contributed by atoms with Gasteiger partial charge in [0.15, 0.2) is 11.0 Å². The van der Waals surface area contributed by atoms with Crippen molar-refractivity contribution in [3.63, 3.8) is 0 Å². The minimum absolute atomic E-state index is 0.0287. The molecular formula is C18H15N9O2S. The zero-order chi connectivity index (χ0) is 20.9. The molecule has 0 amide bonds. The van der Waals surface area contributed by atoms with Crippen molar-refractivity contribution in [1.82, 2.24) is 34.6 Å². The quantitative estimate of drug-likeness (QED) is 0.253. The summed E-state index contributed by atoms with van der Waals surface area (Å²) in [5.74, 6) is 0.726. The molecule has 11 nitrogen and oxygen atoms in total. The van der Waals surface area contributed by atoms with Gasteiger partial charge >= 0.3 is 0 Å². The number of nitro benzene ring substituents is 1. The van der Waals surface area contributed by atoms with E-state index in [0.717, 1.165) is 16.3 Å². The van der Waals surface area contributed by atoms with E-state index in [9.17, 15) is 10.1 Å². The second-order valence-corrected chi connectivity index (χ2v) is 6.96. The third-order valence-electron chi connectivity index (χ3n) is 4.11. The second kappa shape index (κ2) is 8.61. The van der Waals surface area contributed by atoms with E-state index < -0.39 is 4.92 Å². The van der Waals surface area contributed by atoms with E-state index in [1.54, 1.807) is 18.5 Å². The molecule has 0 fully saturated rings. The smallest absolute Gasteiger partial charge is 0.270 e. The van der Waals surface area contributed by atoms with Gasteiger partial charge in [0.05, 0.1) is 11.1 Å². The molecular weight excluding hydrogens is 406 g/mol. The number of hydrogen-bond donors (Lipinski definition) is 0. The molecule has 0 saturated carbocycles. The molecule has 0 saturated heterocycles. The minimum Gasteiger partial charge on any atom is -0.302 e. The summed E-state index contributed by atoms with van der Waals surface area (Å²) >= 11 is 1.36. The van der Waals surface area contributed by atoms with E-state index in [1.165, 1.54) is 47.4 Å². The van der Waals surface area contributed by atoms with Gasteiger partial charge in [-0.3, -0.25) is 15.1 Å². The molecule has 0 spiro atoms. The Morgan fingerprint density at radius 3 is 2.63 bits per heavy atom. The average molecular weight is 421 g/mol. The number of nitro groups is 1. The molecule has 4 aromatic rings. The normalized spacial score (nSPS) is 11.2. The first-order chi connectivity index (χ1) is 14.7. The highest BCUT2D eigenvalue weighted by Crippen LogP contribution is 2.33. The Balaban J connectivity index is 1.71. The molecule has 0 aliphatic rings. The molecule has 3 aromatic heterocycles. The maximum absolute atomic E-state index is 11.2. The van der Waals surface area contributed by atoms with Crippen LogP contribution in [0, 0.1) is 10.1 Å². The number of rotatable bonds is 7. The molecule has 4 rings (SSSR count). The minimum atomic E-state index is -0.444. The van der Waals surface area contributed by atoms with Crippen LogP contribution >= 0.6 is 11.8 Å². The number of aromatic nitrogens is 7. The number of nitrogens with zero attached hydrogens (tertiary/aromatic N) is 9. The number of non-ortho nitro benzene ring substituents is 1. The fraction of sp³-hybridized carbons (Fsp3) is 0.111. The second-order valence-electron chi connectivity index (χ2n) is 5.95. The number of benzene rings is 1. The van der Waals surface area contributed by atoms with Crippen molar-refractivity contribution >= 4 is 23.7 Å². The van der Waals surface area contributed by atoms with E-state index in [2.05, 4.69) is 30.5 Å². The van der Waals surface area contributed by atoms with Gasteiger partial charge in [0, 0.05) is 47.1 Å². The lowest BCUT2D eigenvalue weighted by molar-refractivity contribution is -0.384. The van der Waals surface area contributed by atoms with Crippen molar-refractivity contribution in [3.05, 3.63) is 71.1 Å². The molecule has 0 bridgehead atoms. The van der Waals surface area contributed by atoms with Crippen molar-refractivity contribution < 1.29 is 4.92 Å². The van der Waals surface area contributed by atoms with E-state index in [4.69, 9.17) is 0 Å². The van der Waals surface area contributed by atoms with Crippen molar-refractivity contribution in [2.75, 3.05) is 0 Å². The van der Waals surface area contributed by atoms with Crippen LogP contribution in [-0.4, -0.2) is 45.8 Å². The Bertz CT molecular complexity index is 1190. The molecule has 0 radical (unpaired) electrons. The summed E-state index contributed by atoms with van der Waals surface area (Å²) in [6.45, 7) is 2.66. The molecule has 1 aromatic carbocycles. The van der Waals surface area contributed by atoms with Crippen LogP contribution in [0.1, 0.15) is 12.5 Å². The maximum atomic E-state index is 11.2. The first-order valence-corrected chi connectivity index (χ1v) is 9.66. The van der Waals surface area contributed by atoms with Gasteiger partial charge in [-0.05, 0) is 36.9 Å². The van der Waals surface area contributed by atoms with E-state index in [0.29, 0.717) is 17.3 Å². The molecule has 0 aliphatic carbocycles. The summed E-state index contributed by atoms with van der Waals surface area (Å²) in [7, 11) is 0. The van der Waals surface area contributed by atoms with Crippen LogP contribution < -0.4 is 0 Å². The van der Waals surface area contributed by atoms with Crippen molar-refractivity contribution in [2.24, 2.45) is 5.10 Å². The monoisotopic (exact) mass is 421 g/mol. The Hall–Kier alpha value is -3.93. The molecule has 0 atom stereocenters. The summed E-state index contributed by atoms with van der Waals surface area (Å²) in [6, 6.07) is 8.33. The number of pyridine rings is 1. The molecule has 3 heterocycles. The lowest BCUT2D eigenvalue weighted by atomic mass is 10.2. The highest BCUT2D eigenvalue weighted by molar-refractivity contribution is 7.99. The predicted octanol–water partition coefficient (Wildman–Crippen LogP) is 2.89. The summed E-state index contributed by atoms with van der Waals surface area (Å²) in [4.78, 5) is 15.6. The fourth-order valence-corrected chi connectivity index (χ4v) is 3.66. The van der Waals surface area contributed by atoms with Gasteiger partial charge in [-0.2, -0.15) is 5.10 Å². The van der Waals surface area contributed by atoms with Crippen LogP contribution in [0.2, 0.25) is 0 Å². The molecule has 0 N–H and O–H groups in total. The van der Waals surface area contributed by atoms with Gasteiger partial charge in [0.25, 0.3) is 5.69 Å². The molecule has 0 aliphatic heterocycles. The highest BCUT2D eigenvalue weighted by Gasteiger charge is 2.17. The van der Waals surface area contributed by atoms with Crippen LogP contribution in [0.4, 0.5) is 5.69 Å². The lowest BCUT2D eigenvalue weighted by Crippen LogP contribution is -2.00. The van der Waals surface area contributed by atoms with Crippen LogP contribution in [-0.2, 0) is 6.54 Å². The first-order valence-electron chi connectivity index (χ1n) is 8.84. The molecule has 0 unspecified atom stereocenters. The SMILES string of the molecule is CCn1c(Sc2ccc([N+](=O)[O-])cc2/C=N/n2cnnc2)nnc1-c1ccncc1. The van der Waals surface area contributed by atoms with E-state index >= 15 is 0 Å². The Morgan fingerprint density at radius 1 is 1.17 bits per heavy atom. The highest BCUT2D eigenvalue weighted by atomic mass is 32.2. The van der Waals surface area contributed by atoms with E-state index in [1.807, 2.05) is 23.6 Å². The van der Waals surface area contributed by atoms with E-state index in [-0.39, 0.29) is 5.69 Å². The van der Waals surface area contributed by atoms with Crippen molar-refractivity contribution in [3.8, 4) is 11.4 Å². The van der Waals surface area contributed by atoms with Crippen LogP contribution in [0.3, 0.4) is 0 Å². The van der Waals surface area contributed by atoms with Gasteiger partial charge in [-0.15, -0.1) is 20.4 Å². The molecule has 30 heavy (non-hydrogen) atoms. The van der Waals surface area contributed by atoms with Crippen LogP contribution in [0.15, 0.2) is 70.5 Å². The topological polar surface area (TPSA) is 130 Å². The fourth-order valence-electron chi connectivity index (χ4n) is 2.69. The third kappa shape index (κ3) is 4.07. The van der Waals surface area contributed by atoms with Crippen LogP contribution in [0.25, 0.3) is 11.4 Å². The summed E-state index contributed by atoms with van der Waals surface area (Å²) < 4.78 is 3.38. The maximum Gasteiger partial charge on any atom is 0.270 e. The summed E-state index contributed by atoms with van der Waals surface area (Å²) in [5.41, 5.74) is 1.45. The summed E-state index contributed by atoms with van der Waals surface area (Å²) in [6.07, 6.45) is 7.78. The zero-order valence-electron chi connectivity index (χ0n) is 15.7. The molecule has 150 valence electrons. The van der Waals surface area contributed by atoms with Crippen LogP contribution in [0.5, 0.6) is 0 Å². The van der Waals surface area contributed by atoms with Gasteiger partial charge in [-0.1, -0.05) is 0 Å².